The first-order valence-corrected chi connectivity index (χ1v) is 8.95. The second kappa shape index (κ2) is 6.81. The van der Waals surface area contributed by atoms with Crippen LogP contribution in [0.2, 0.25) is 0 Å². The van der Waals surface area contributed by atoms with Crippen LogP contribution in [-0.2, 0) is 29.0 Å². The second-order valence-corrected chi connectivity index (χ2v) is 6.60. The molecule has 0 radical (unpaired) electrons. The van der Waals surface area contributed by atoms with Crippen LogP contribution in [0.25, 0.3) is 21.9 Å². The Hall–Kier alpha value is -2.07. The lowest BCUT2D eigenvalue weighted by Gasteiger charge is -2.12. The minimum absolute atomic E-state index is 0.0781. The van der Waals surface area contributed by atoms with E-state index in [-0.39, 0.29) is 6.61 Å². The van der Waals surface area contributed by atoms with Gasteiger partial charge in [0.25, 0.3) is 0 Å². The molecule has 0 spiro atoms. The molecule has 128 valence electrons. The molecule has 3 rings (SSSR count). The number of anilines is 1. The van der Waals surface area contributed by atoms with Gasteiger partial charge in [0.05, 0.1) is 23.7 Å². The molecule has 2 aromatic heterocycles. The van der Waals surface area contributed by atoms with Gasteiger partial charge in [-0.15, -0.1) is 4.89 Å². The highest BCUT2D eigenvalue weighted by molar-refractivity contribution is 7.82. The molecule has 4 N–H and O–H groups in total. The summed E-state index contributed by atoms with van der Waals surface area (Å²) in [5, 5.41) is 10.8. The first-order chi connectivity index (χ1) is 11.5. The third kappa shape index (κ3) is 3.24. The van der Waals surface area contributed by atoms with Gasteiger partial charge in [-0.25, -0.2) is 14.2 Å². The molecule has 2 unspecified atom stereocenters. The molecule has 0 aliphatic heterocycles. The van der Waals surface area contributed by atoms with E-state index in [0.29, 0.717) is 23.7 Å². The molecule has 9 heteroatoms. The van der Waals surface area contributed by atoms with Gasteiger partial charge in [-0.3, -0.25) is 4.84 Å². The fourth-order valence-corrected chi connectivity index (χ4v) is 2.88. The Bertz CT molecular complexity index is 909. The molecular formula is C15H19N5O3S. The number of benzene rings is 1. The Morgan fingerprint density at radius 2 is 2.17 bits per heavy atom. The molecule has 0 bridgehead atoms. The summed E-state index contributed by atoms with van der Waals surface area (Å²) < 4.78 is 12.9. The van der Waals surface area contributed by atoms with E-state index in [1.54, 1.807) is 6.92 Å². The van der Waals surface area contributed by atoms with Crippen LogP contribution in [0.4, 0.5) is 5.82 Å². The predicted octanol–water partition coefficient (Wildman–Crippen LogP) is 0.862. The van der Waals surface area contributed by atoms with Gasteiger partial charge >= 0.3 is 0 Å². The molecule has 2 heterocycles. The molecule has 0 saturated heterocycles. The number of nitrogens with zero attached hydrogens (tertiary/aromatic N) is 3. The summed E-state index contributed by atoms with van der Waals surface area (Å²) >= 11 is 0. The first kappa shape index (κ1) is 16.8. The van der Waals surface area contributed by atoms with Gasteiger partial charge in [0.1, 0.15) is 28.9 Å². The van der Waals surface area contributed by atoms with Crippen molar-refractivity contribution in [3.05, 3.63) is 30.1 Å². The molecule has 0 saturated carbocycles. The molecule has 1 aromatic carbocycles. The van der Waals surface area contributed by atoms with Crippen molar-refractivity contribution in [2.24, 2.45) is 0 Å². The zero-order chi connectivity index (χ0) is 17.3. The number of nitrogens with one attached hydrogen (secondary N) is 1. The lowest BCUT2D eigenvalue weighted by molar-refractivity contribution is 0.0749. The van der Waals surface area contributed by atoms with Crippen molar-refractivity contribution in [3.63, 3.8) is 0 Å². The monoisotopic (exact) mass is 349 g/mol. The first-order valence-electron chi connectivity index (χ1n) is 7.39. The summed E-state index contributed by atoms with van der Waals surface area (Å²) in [4.78, 5) is 16.5. The van der Waals surface area contributed by atoms with Crippen molar-refractivity contribution in [2.75, 3.05) is 12.0 Å². The lowest BCUT2D eigenvalue weighted by atomic mass is 10.2. The zero-order valence-corrected chi connectivity index (χ0v) is 14.2. The Labute approximate surface area is 141 Å². The lowest BCUT2D eigenvalue weighted by Crippen LogP contribution is -2.19. The predicted molar refractivity (Wildman–Crippen MR) is 93.1 cm³/mol. The molecule has 2 atom stereocenters. The van der Waals surface area contributed by atoms with Gasteiger partial charge in [0, 0.05) is 11.6 Å². The summed E-state index contributed by atoms with van der Waals surface area (Å²) in [6, 6.07) is 7.62. The largest absolute Gasteiger partial charge is 0.392 e. The Balaban J connectivity index is 2.18. The number of hydrogen-bond acceptors (Lipinski definition) is 6. The summed E-state index contributed by atoms with van der Waals surface area (Å²) in [7, 11) is -1.30. The summed E-state index contributed by atoms with van der Waals surface area (Å²) in [5.41, 5.74) is 8.18. The molecule has 0 fully saturated rings. The summed E-state index contributed by atoms with van der Waals surface area (Å²) in [6.45, 7) is 2.11. The number of fused-ring (bicyclic) bond motifs is 3. The highest BCUT2D eigenvalue weighted by Gasteiger charge is 2.18. The number of aliphatic hydroxyl groups excluding tert-OH is 1. The van der Waals surface area contributed by atoms with Crippen LogP contribution in [0.5, 0.6) is 0 Å². The molecular weight excluding hydrogens is 330 g/mol. The van der Waals surface area contributed by atoms with Crippen LogP contribution in [0, 0.1) is 0 Å². The highest BCUT2D eigenvalue weighted by atomic mass is 32.2. The van der Waals surface area contributed by atoms with Crippen molar-refractivity contribution >= 4 is 38.7 Å². The van der Waals surface area contributed by atoms with E-state index in [9.17, 15) is 9.32 Å². The topological polar surface area (TPSA) is 115 Å². The number of para-hydroxylation sites is 1. The summed E-state index contributed by atoms with van der Waals surface area (Å²) in [6.07, 6.45) is 0.886. The van der Waals surface area contributed by atoms with Crippen molar-refractivity contribution < 1.29 is 14.2 Å². The summed E-state index contributed by atoms with van der Waals surface area (Å²) in [5.74, 6) is 0.884. The Kier molecular flexibility index (Phi) is 4.76. The second-order valence-electron chi connectivity index (χ2n) is 5.53. The smallest absolute Gasteiger partial charge is 0.152 e. The average Bonchev–Trinajstić information content (AvgIpc) is 2.86. The molecule has 24 heavy (non-hydrogen) atoms. The van der Waals surface area contributed by atoms with Gasteiger partial charge in [-0.2, -0.15) is 0 Å². The van der Waals surface area contributed by atoms with Crippen molar-refractivity contribution in [1.29, 1.82) is 0 Å². The molecule has 0 aliphatic carbocycles. The highest BCUT2D eigenvalue weighted by Crippen LogP contribution is 2.29. The van der Waals surface area contributed by atoms with Crippen LogP contribution in [-0.4, -0.2) is 36.2 Å². The van der Waals surface area contributed by atoms with E-state index in [4.69, 9.17) is 10.6 Å². The number of pyridine rings is 1. The maximum atomic E-state index is 11.1. The van der Waals surface area contributed by atoms with Crippen LogP contribution in [0.15, 0.2) is 24.3 Å². The van der Waals surface area contributed by atoms with Crippen molar-refractivity contribution in [3.8, 4) is 0 Å². The van der Waals surface area contributed by atoms with Gasteiger partial charge in [0.15, 0.2) is 5.82 Å². The van der Waals surface area contributed by atoms with Crippen LogP contribution in [0.1, 0.15) is 12.7 Å². The maximum Gasteiger partial charge on any atom is 0.152 e. The minimum Gasteiger partial charge on any atom is -0.392 e. The number of aromatic nitrogens is 3. The fourth-order valence-electron chi connectivity index (χ4n) is 2.65. The molecule has 0 amide bonds. The molecule has 0 aliphatic rings. The van der Waals surface area contributed by atoms with E-state index in [1.165, 1.54) is 6.26 Å². The van der Waals surface area contributed by atoms with Crippen LogP contribution in [0.3, 0.4) is 0 Å². The van der Waals surface area contributed by atoms with Crippen molar-refractivity contribution in [1.82, 2.24) is 19.4 Å². The fraction of sp³-hybridized carbons (Fsp3) is 0.333. The number of imidazole rings is 1. The average molecular weight is 349 g/mol. The number of aliphatic hydroxyl groups is 1. The third-order valence-electron chi connectivity index (χ3n) is 3.51. The number of nitrogens with two attached hydrogens (primary N) is 1. The molecule has 3 aromatic rings. The number of nitrogen functional groups attached to an aromatic ring is 1. The van der Waals surface area contributed by atoms with E-state index in [1.807, 2.05) is 28.8 Å². The quantitative estimate of drug-likeness (QED) is 0.569. The SMILES string of the molecule is CC(O)Cn1c(CONS(C)=O)nc2c(N)nc3ccccc3c21. The van der Waals surface area contributed by atoms with E-state index in [2.05, 4.69) is 14.9 Å². The van der Waals surface area contributed by atoms with E-state index in [0.717, 1.165) is 16.4 Å². The maximum absolute atomic E-state index is 11.1. The van der Waals surface area contributed by atoms with Gasteiger partial charge < -0.3 is 15.4 Å². The van der Waals surface area contributed by atoms with Crippen LogP contribution < -0.4 is 10.6 Å². The van der Waals surface area contributed by atoms with E-state index >= 15 is 0 Å². The van der Waals surface area contributed by atoms with Crippen molar-refractivity contribution in [2.45, 2.75) is 26.2 Å². The number of hydrogen-bond donors (Lipinski definition) is 3. The normalized spacial score (nSPS) is 14.3. The third-order valence-corrected chi connectivity index (χ3v) is 3.87. The zero-order valence-electron chi connectivity index (χ0n) is 13.4. The standard InChI is InChI=1S/C15H19N5O3S/c1-9(21)7-20-12(8-23-19-24(2)22)18-13-14(20)10-5-3-4-6-11(10)17-15(13)16/h3-6,9,19,21H,7-8H2,1-2H3,(H2,16,17). The van der Waals surface area contributed by atoms with Crippen LogP contribution >= 0.6 is 0 Å². The minimum atomic E-state index is -1.30. The van der Waals surface area contributed by atoms with E-state index < -0.39 is 17.1 Å². The molecule has 8 nitrogen and oxygen atoms in total. The van der Waals surface area contributed by atoms with Gasteiger partial charge in [0.2, 0.25) is 0 Å². The number of rotatable bonds is 6. The Morgan fingerprint density at radius 3 is 2.88 bits per heavy atom. The van der Waals surface area contributed by atoms with Gasteiger partial charge in [-0.1, -0.05) is 18.2 Å². The van der Waals surface area contributed by atoms with Gasteiger partial charge in [-0.05, 0) is 13.0 Å². The Morgan fingerprint density at radius 1 is 1.42 bits per heavy atom.